The highest BCUT2D eigenvalue weighted by molar-refractivity contribution is 7.47. The molecule has 0 fully saturated rings. The van der Waals surface area contributed by atoms with Gasteiger partial charge in [-0.1, -0.05) is 153 Å². The van der Waals surface area contributed by atoms with Gasteiger partial charge in [-0.15, -0.1) is 0 Å². The van der Waals surface area contributed by atoms with Crippen molar-refractivity contribution in [3.63, 3.8) is 0 Å². The molecule has 0 aliphatic heterocycles. The number of carbonyl (C=O) groups is 2. The van der Waals surface area contributed by atoms with E-state index in [0.29, 0.717) is 6.42 Å². The van der Waals surface area contributed by atoms with Crippen LogP contribution in [0.15, 0.2) is 48.6 Å². The van der Waals surface area contributed by atoms with E-state index in [1.54, 1.807) is 42.5 Å². The molecule has 0 aromatic heterocycles. The summed E-state index contributed by atoms with van der Waals surface area (Å²) < 4.78 is 32.4. The van der Waals surface area contributed by atoms with E-state index in [1.807, 2.05) is 0 Å². The van der Waals surface area contributed by atoms with E-state index in [4.69, 9.17) is 19.1 Å². The lowest BCUT2D eigenvalue weighted by Crippen LogP contribution is -2.30. The molecular formula is C42H75O13P. The van der Waals surface area contributed by atoms with Crippen LogP contribution in [0.25, 0.3) is 0 Å². The number of phosphoric ester groups is 1. The fourth-order valence-corrected chi connectivity index (χ4v) is 6.17. The molecule has 0 amide bonds. The van der Waals surface area contributed by atoms with Gasteiger partial charge >= 0.3 is 19.8 Å². The molecule has 14 heteroatoms. The molecule has 6 N–H and O–H groups in total. The molecule has 0 rings (SSSR count). The first-order chi connectivity index (χ1) is 26.8. The number of phosphoric acid groups is 1. The molecule has 0 bridgehead atoms. The van der Waals surface area contributed by atoms with E-state index in [0.717, 1.165) is 50.9 Å². The van der Waals surface area contributed by atoms with Crippen LogP contribution in [0.1, 0.15) is 143 Å². The normalized spacial score (nSPS) is 16.2. The molecule has 326 valence electrons. The highest BCUT2D eigenvalue weighted by Crippen LogP contribution is 2.43. The smallest absolute Gasteiger partial charge is 0.462 e. The third-order valence-corrected chi connectivity index (χ3v) is 9.73. The van der Waals surface area contributed by atoms with Crippen molar-refractivity contribution in [2.24, 2.45) is 5.92 Å². The second kappa shape index (κ2) is 35.9. The number of hydrogen-bond donors (Lipinski definition) is 6. The maximum absolute atomic E-state index is 12.6. The Labute approximate surface area is 336 Å². The molecule has 0 heterocycles. The molecule has 13 nitrogen and oxygen atoms in total. The number of aliphatic hydroxyl groups excluding tert-OH is 5. The molecule has 0 radical (unpaired) electrons. The van der Waals surface area contributed by atoms with Gasteiger partial charge in [-0.05, 0) is 31.6 Å². The van der Waals surface area contributed by atoms with Gasteiger partial charge in [0.2, 0.25) is 0 Å². The summed E-state index contributed by atoms with van der Waals surface area (Å²) in [6, 6.07) is 0. The van der Waals surface area contributed by atoms with E-state index >= 15 is 0 Å². The summed E-state index contributed by atoms with van der Waals surface area (Å²) in [4.78, 5) is 35.0. The monoisotopic (exact) mass is 818 g/mol. The Balaban J connectivity index is 4.69. The summed E-state index contributed by atoms with van der Waals surface area (Å²) in [7, 11) is -4.71. The van der Waals surface area contributed by atoms with Crippen molar-refractivity contribution < 1.29 is 63.1 Å². The van der Waals surface area contributed by atoms with E-state index in [9.17, 15) is 39.5 Å². The van der Waals surface area contributed by atoms with Crippen molar-refractivity contribution >= 4 is 19.8 Å². The largest absolute Gasteiger partial charge is 0.472 e. The summed E-state index contributed by atoms with van der Waals surface area (Å²) in [5, 5.41) is 48.8. The Morgan fingerprint density at radius 2 is 1.16 bits per heavy atom. The van der Waals surface area contributed by atoms with Crippen LogP contribution in [0.4, 0.5) is 0 Å². The molecule has 0 aliphatic rings. The van der Waals surface area contributed by atoms with Gasteiger partial charge in [0.05, 0.1) is 38.1 Å². The summed E-state index contributed by atoms with van der Waals surface area (Å²) >= 11 is 0. The van der Waals surface area contributed by atoms with Gasteiger partial charge in [-0.2, -0.15) is 0 Å². The highest BCUT2D eigenvalue weighted by Gasteiger charge is 2.27. The second-order valence-electron chi connectivity index (χ2n) is 14.7. The summed E-state index contributed by atoms with van der Waals surface area (Å²) in [6.07, 6.45) is 24.6. The fourth-order valence-electron chi connectivity index (χ4n) is 5.38. The third-order valence-electron chi connectivity index (χ3n) is 8.78. The number of ether oxygens (including phenoxy) is 2. The number of hydrogen-bond acceptors (Lipinski definition) is 12. The zero-order valence-corrected chi connectivity index (χ0v) is 35.2. The highest BCUT2D eigenvalue weighted by atomic mass is 31.2. The van der Waals surface area contributed by atoms with Crippen LogP contribution in [-0.4, -0.2) is 99.3 Å². The molecule has 0 aromatic carbocycles. The lowest BCUT2D eigenvalue weighted by Gasteiger charge is -2.20. The number of unbranched alkanes of at least 4 members (excludes halogenated alkanes) is 11. The zero-order valence-electron chi connectivity index (χ0n) is 34.3. The number of esters is 2. The minimum Gasteiger partial charge on any atom is -0.462 e. The van der Waals surface area contributed by atoms with Crippen molar-refractivity contribution in [2.75, 3.05) is 26.4 Å². The Hall–Kier alpha value is -2.19. The van der Waals surface area contributed by atoms with Crippen LogP contribution in [0, 0.1) is 5.92 Å². The Bertz CT molecular complexity index is 1140. The molecule has 0 aliphatic carbocycles. The van der Waals surface area contributed by atoms with Crippen molar-refractivity contribution in [1.82, 2.24) is 0 Å². The van der Waals surface area contributed by atoms with Crippen molar-refractivity contribution in [2.45, 2.75) is 173 Å². The Kier molecular flexibility index (Phi) is 34.5. The first kappa shape index (κ1) is 53.8. The topological polar surface area (TPSA) is 210 Å². The minimum absolute atomic E-state index is 0.0665. The molecular weight excluding hydrogens is 743 g/mol. The standard InChI is InChI=1S/C42H75O13P/c1-4-5-18-25-36(44)26-20-15-12-13-16-21-27-39(46)40(47)28-23-30-42(49)55-38(34-54-56(50,51)53-32-37(45)31-43)33-52-41(48)29-22-17-11-9-7-6-8-10-14-19-24-35(2)3/h12-13,15-16,20-21,26-27,35-40,43-47H,4-11,14,17-19,22-25,28-34H2,1-3H3,(H,50,51)/b15-12-,16-13+,26-20+,27-21+/t36-,37-,38+,39-,40-/m0/s1. The molecule has 0 aromatic rings. The van der Waals surface area contributed by atoms with Crippen molar-refractivity contribution in [3.05, 3.63) is 48.6 Å². The molecule has 1 unspecified atom stereocenters. The number of aliphatic hydroxyl groups is 5. The lowest BCUT2D eigenvalue weighted by molar-refractivity contribution is -0.161. The van der Waals surface area contributed by atoms with Crippen LogP contribution < -0.4 is 0 Å². The Morgan fingerprint density at radius 3 is 1.77 bits per heavy atom. The minimum atomic E-state index is -4.71. The van der Waals surface area contributed by atoms with Gasteiger partial charge in [0, 0.05) is 12.8 Å². The van der Waals surface area contributed by atoms with E-state index in [2.05, 4.69) is 25.3 Å². The molecule has 6 atom stereocenters. The number of allylic oxidation sites excluding steroid dienone is 6. The first-order valence-electron chi connectivity index (χ1n) is 20.8. The average Bonchev–Trinajstić information content (AvgIpc) is 3.16. The quantitative estimate of drug-likeness (QED) is 0.0157. The zero-order chi connectivity index (χ0) is 41.9. The van der Waals surface area contributed by atoms with Gasteiger partial charge in [-0.25, -0.2) is 4.57 Å². The van der Waals surface area contributed by atoms with E-state index in [1.165, 1.54) is 51.0 Å². The Morgan fingerprint density at radius 1 is 0.625 bits per heavy atom. The van der Waals surface area contributed by atoms with Crippen LogP contribution >= 0.6 is 7.82 Å². The van der Waals surface area contributed by atoms with E-state index < -0.39 is 76.7 Å². The van der Waals surface area contributed by atoms with Crippen LogP contribution in [0.5, 0.6) is 0 Å². The first-order valence-corrected chi connectivity index (χ1v) is 22.3. The van der Waals surface area contributed by atoms with Gasteiger partial charge in [-0.3, -0.25) is 18.6 Å². The predicted octanol–water partition coefficient (Wildman–Crippen LogP) is 7.32. The molecule has 56 heavy (non-hydrogen) atoms. The third kappa shape index (κ3) is 35.0. The van der Waals surface area contributed by atoms with Crippen LogP contribution in [0.3, 0.4) is 0 Å². The van der Waals surface area contributed by atoms with Gasteiger partial charge in [0.25, 0.3) is 0 Å². The SMILES string of the molecule is CCCCC[C@H](O)/C=C/C=C\C=C\C=C\[C@H](O)[C@@H](O)CCCC(=O)O[C@H](COC(=O)CCCCCCCCCCCCC(C)C)COP(=O)(O)OC[C@@H](O)CO. The lowest BCUT2D eigenvalue weighted by atomic mass is 10.0. The number of carbonyl (C=O) groups excluding carboxylic acids is 2. The number of rotatable bonds is 37. The van der Waals surface area contributed by atoms with Gasteiger partial charge < -0.3 is 39.9 Å². The van der Waals surface area contributed by atoms with Crippen molar-refractivity contribution in [1.29, 1.82) is 0 Å². The average molecular weight is 819 g/mol. The van der Waals surface area contributed by atoms with Gasteiger partial charge in [0.15, 0.2) is 6.10 Å². The maximum atomic E-state index is 12.6. The van der Waals surface area contributed by atoms with Gasteiger partial charge in [0.1, 0.15) is 12.7 Å². The summed E-state index contributed by atoms with van der Waals surface area (Å²) in [5.41, 5.74) is 0. The van der Waals surface area contributed by atoms with E-state index in [-0.39, 0.29) is 25.7 Å². The summed E-state index contributed by atoms with van der Waals surface area (Å²) in [5.74, 6) is -0.490. The van der Waals surface area contributed by atoms with Crippen LogP contribution in [0.2, 0.25) is 0 Å². The fraction of sp³-hybridized carbons (Fsp3) is 0.762. The molecule has 0 saturated carbocycles. The molecule has 0 saturated heterocycles. The maximum Gasteiger partial charge on any atom is 0.472 e. The predicted molar refractivity (Wildman–Crippen MR) is 218 cm³/mol. The molecule has 0 spiro atoms. The second-order valence-corrected chi connectivity index (χ2v) is 16.2. The van der Waals surface area contributed by atoms with Crippen molar-refractivity contribution in [3.8, 4) is 0 Å². The van der Waals surface area contributed by atoms with Crippen LogP contribution in [-0.2, 0) is 32.7 Å². The summed E-state index contributed by atoms with van der Waals surface area (Å²) in [6.45, 7) is 4.15.